The lowest BCUT2D eigenvalue weighted by Crippen LogP contribution is -2.12. The summed E-state index contributed by atoms with van der Waals surface area (Å²) in [6.45, 7) is 2.96. The van der Waals surface area contributed by atoms with Crippen molar-refractivity contribution < 1.29 is 28.5 Å². The maximum absolute atomic E-state index is 14.2. The summed E-state index contributed by atoms with van der Waals surface area (Å²) < 4.78 is 32.9. The van der Waals surface area contributed by atoms with Crippen molar-refractivity contribution in [2.45, 2.75) is 26.2 Å². The van der Waals surface area contributed by atoms with Crippen molar-refractivity contribution in [1.82, 2.24) is 0 Å². The van der Waals surface area contributed by atoms with E-state index in [9.17, 15) is 18.7 Å². The second-order valence-electron chi connectivity index (χ2n) is 5.88. The lowest BCUT2D eigenvalue weighted by molar-refractivity contribution is -0.139. The van der Waals surface area contributed by atoms with Gasteiger partial charge in [-0.05, 0) is 41.2 Å². The molecule has 2 rings (SSSR count). The van der Waals surface area contributed by atoms with Gasteiger partial charge in [-0.15, -0.1) is 0 Å². The van der Waals surface area contributed by atoms with Crippen LogP contribution < -0.4 is 4.74 Å². The van der Waals surface area contributed by atoms with Crippen LogP contribution in [0.5, 0.6) is 11.5 Å². The molecule has 2 N–H and O–H groups in total. The fraction of sp³-hybridized carbons (Fsp3) is 0.278. The predicted octanol–water partition coefficient (Wildman–Crippen LogP) is 4.50. The smallest absolute Gasteiger partial charge is 0.341 e. The standard InChI is InChI=1S/C18H17ClF2O4/c1-9(2)12-6-10(3-4-14(12)22)5-11-7-13(20)18(17(21)16(11)19)25-8-15(23)24/h3-4,6-7,9,22H,5,8H2,1-2H3,(H,23,24). The van der Waals surface area contributed by atoms with Crippen molar-refractivity contribution in [2.75, 3.05) is 6.61 Å². The highest BCUT2D eigenvalue weighted by atomic mass is 35.5. The molecule has 0 aliphatic heterocycles. The molecule has 0 radical (unpaired) electrons. The Hall–Kier alpha value is -2.34. The molecule has 0 saturated heterocycles. The van der Waals surface area contributed by atoms with Crippen LogP contribution in [0.25, 0.3) is 0 Å². The van der Waals surface area contributed by atoms with E-state index in [2.05, 4.69) is 4.74 Å². The SMILES string of the molecule is CC(C)c1cc(Cc2cc(F)c(OCC(=O)O)c(F)c2Cl)ccc1O. The van der Waals surface area contributed by atoms with E-state index in [1.807, 2.05) is 13.8 Å². The number of ether oxygens (including phenoxy) is 1. The molecule has 7 heteroatoms. The average molecular weight is 371 g/mol. The zero-order valence-corrected chi connectivity index (χ0v) is 14.4. The van der Waals surface area contributed by atoms with Gasteiger partial charge in [0.15, 0.2) is 24.0 Å². The summed E-state index contributed by atoms with van der Waals surface area (Å²) in [5, 5.41) is 18.1. The summed E-state index contributed by atoms with van der Waals surface area (Å²) in [5.41, 5.74) is 1.64. The minimum absolute atomic E-state index is 0.0793. The van der Waals surface area contributed by atoms with Crippen molar-refractivity contribution in [3.63, 3.8) is 0 Å². The van der Waals surface area contributed by atoms with Gasteiger partial charge >= 0.3 is 5.97 Å². The third kappa shape index (κ3) is 4.39. The molecule has 0 aromatic heterocycles. The molecule has 0 heterocycles. The molecule has 2 aromatic rings. The Kier molecular flexibility index (Phi) is 5.85. The fourth-order valence-electron chi connectivity index (χ4n) is 2.42. The molecular weight excluding hydrogens is 354 g/mol. The van der Waals surface area contributed by atoms with Crippen LogP contribution in [-0.4, -0.2) is 22.8 Å². The highest BCUT2D eigenvalue weighted by Gasteiger charge is 2.20. The van der Waals surface area contributed by atoms with Gasteiger partial charge in [-0.1, -0.05) is 37.6 Å². The Labute approximate surface area is 148 Å². The van der Waals surface area contributed by atoms with E-state index in [1.54, 1.807) is 12.1 Å². The summed E-state index contributed by atoms with van der Waals surface area (Å²) >= 11 is 5.95. The first-order valence-electron chi connectivity index (χ1n) is 7.53. The van der Waals surface area contributed by atoms with Crippen LogP contribution in [0.4, 0.5) is 8.78 Å². The fourth-order valence-corrected chi connectivity index (χ4v) is 2.63. The van der Waals surface area contributed by atoms with Crippen LogP contribution in [0.1, 0.15) is 36.5 Å². The predicted molar refractivity (Wildman–Crippen MR) is 89.5 cm³/mol. The van der Waals surface area contributed by atoms with E-state index in [4.69, 9.17) is 16.7 Å². The quantitative estimate of drug-likeness (QED) is 0.735. The number of benzene rings is 2. The maximum Gasteiger partial charge on any atom is 0.341 e. The summed E-state index contributed by atoms with van der Waals surface area (Å²) in [7, 11) is 0. The minimum atomic E-state index is -1.36. The number of carbonyl (C=O) groups is 1. The molecule has 0 aliphatic rings. The van der Waals surface area contributed by atoms with Crippen molar-refractivity contribution in [3.8, 4) is 11.5 Å². The van der Waals surface area contributed by atoms with Gasteiger partial charge < -0.3 is 14.9 Å². The number of carboxylic acid groups (broad SMARTS) is 1. The molecule has 0 spiro atoms. The Morgan fingerprint density at radius 2 is 1.96 bits per heavy atom. The third-order valence-electron chi connectivity index (χ3n) is 3.64. The van der Waals surface area contributed by atoms with Crippen LogP contribution in [0.3, 0.4) is 0 Å². The van der Waals surface area contributed by atoms with Crippen LogP contribution in [0.2, 0.25) is 5.02 Å². The van der Waals surface area contributed by atoms with Crippen molar-refractivity contribution in [1.29, 1.82) is 0 Å². The number of carboxylic acids is 1. The maximum atomic E-state index is 14.2. The van der Waals surface area contributed by atoms with Crippen LogP contribution in [-0.2, 0) is 11.2 Å². The second kappa shape index (κ2) is 7.70. The van der Waals surface area contributed by atoms with Gasteiger partial charge in [-0.3, -0.25) is 0 Å². The molecular formula is C18H17ClF2O4. The summed E-state index contributed by atoms with van der Waals surface area (Å²) in [6.07, 6.45) is 0.145. The van der Waals surface area contributed by atoms with E-state index >= 15 is 0 Å². The molecule has 0 aliphatic carbocycles. The minimum Gasteiger partial charge on any atom is -0.508 e. The van der Waals surface area contributed by atoms with Gasteiger partial charge in [0.25, 0.3) is 0 Å². The number of halogens is 3. The molecule has 0 unspecified atom stereocenters. The average Bonchev–Trinajstić information content (AvgIpc) is 2.53. The molecule has 0 amide bonds. The number of rotatable bonds is 6. The molecule has 4 nitrogen and oxygen atoms in total. The van der Waals surface area contributed by atoms with Crippen molar-refractivity contribution >= 4 is 17.6 Å². The van der Waals surface area contributed by atoms with E-state index in [-0.39, 0.29) is 28.7 Å². The van der Waals surface area contributed by atoms with Crippen LogP contribution >= 0.6 is 11.6 Å². The monoisotopic (exact) mass is 370 g/mol. The topological polar surface area (TPSA) is 66.8 Å². The molecule has 25 heavy (non-hydrogen) atoms. The summed E-state index contributed by atoms with van der Waals surface area (Å²) in [5.74, 6) is -4.11. The van der Waals surface area contributed by atoms with Crippen LogP contribution in [0.15, 0.2) is 24.3 Å². The first-order valence-corrected chi connectivity index (χ1v) is 7.91. The van der Waals surface area contributed by atoms with Crippen molar-refractivity contribution in [2.24, 2.45) is 0 Å². The van der Waals surface area contributed by atoms with Gasteiger partial charge in [0, 0.05) is 0 Å². The number of hydrogen-bond acceptors (Lipinski definition) is 3. The van der Waals surface area contributed by atoms with E-state index in [0.29, 0.717) is 0 Å². The van der Waals surface area contributed by atoms with Gasteiger partial charge in [-0.2, -0.15) is 0 Å². The van der Waals surface area contributed by atoms with E-state index in [1.165, 1.54) is 6.07 Å². The zero-order valence-electron chi connectivity index (χ0n) is 13.6. The van der Waals surface area contributed by atoms with E-state index < -0.39 is 30.0 Å². The summed E-state index contributed by atoms with van der Waals surface area (Å²) in [4.78, 5) is 10.5. The number of aliphatic carboxylic acids is 1. The summed E-state index contributed by atoms with van der Waals surface area (Å²) in [6, 6.07) is 5.93. The van der Waals surface area contributed by atoms with Gasteiger partial charge in [0.05, 0.1) is 5.02 Å². The Morgan fingerprint density at radius 1 is 1.28 bits per heavy atom. The van der Waals surface area contributed by atoms with E-state index in [0.717, 1.165) is 17.2 Å². The molecule has 2 aromatic carbocycles. The van der Waals surface area contributed by atoms with Crippen molar-refractivity contribution in [3.05, 3.63) is 57.6 Å². The molecule has 134 valence electrons. The molecule has 0 fully saturated rings. The normalized spacial score (nSPS) is 11.0. The number of aromatic hydroxyl groups is 1. The number of phenolic OH excluding ortho intramolecular Hbond substituents is 1. The lowest BCUT2D eigenvalue weighted by atomic mass is 9.96. The van der Waals surface area contributed by atoms with Gasteiger partial charge in [0.2, 0.25) is 0 Å². The first-order chi connectivity index (χ1) is 11.7. The Balaban J connectivity index is 2.35. The van der Waals surface area contributed by atoms with Gasteiger partial charge in [0.1, 0.15) is 5.75 Å². The Morgan fingerprint density at radius 3 is 2.56 bits per heavy atom. The second-order valence-corrected chi connectivity index (χ2v) is 6.26. The molecule has 0 atom stereocenters. The zero-order chi connectivity index (χ0) is 18.7. The lowest BCUT2D eigenvalue weighted by Gasteiger charge is -2.13. The highest BCUT2D eigenvalue weighted by molar-refractivity contribution is 6.31. The molecule has 0 bridgehead atoms. The Bertz CT molecular complexity index is 806. The largest absolute Gasteiger partial charge is 0.508 e. The first kappa shape index (κ1) is 19.0. The van der Waals surface area contributed by atoms with Crippen LogP contribution in [0, 0.1) is 11.6 Å². The van der Waals surface area contributed by atoms with Gasteiger partial charge in [-0.25, -0.2) is 13.6 Å². The molecule has 0 saturated carbocycles. The highest BCUT2D eigenvalue weighted by Crippen LogP contribution is 2.34. The number of hydrogen-bond donors (Lipinski definition) is 2. The third-order valence-corrected chi connectivity index (χ3v) is 4.05. The number of phenols is 1.